The van der Waals surface area contributed by atoms with E-state index >= 15 is 0 Å². The average molecular weight is 346 g/mol. The molecule has 0 fully saturated rings. The molecule has 110 valence electrons. The Kier molecular flexibility index (Phi) is 5.04. The standard InChI is InChI=1S/C12H16BrN3O4/c1-12(2,3)9(5-10(17)18)15-11-8(13)4-7(6-14-11)16(19)20/h4,6,9H,5H2,1-3H3,(H,14,15)(H,17,18). The van der Waals surface area contributed by atoms with Gasteiger partial charge in [-0.25, -0.2) is 4.98 Å². The molecule has 0 bridgehead atoms. The summed E-state index contributed by atoms with van der Waals surface area (Å²) in [6, 6.07) is 0.973. The summed E-state index contributed by atoms with van der Waals surface area (Å²) in [5, 5.41) is 22.6. The maximum absolute atomic E-state index is 10.9. The Balaban J connectivity index is 3.00. The zero-order valence-corrected chi connectivity index (χ0v) is 13.0. The molecular weight excluding hydrogens is 330 g/mol. The number of hydrogen-bond donors (Lipinski definition) is 2. The van der Waals surface area contributed by atoms with Crippen molar-refractivity contribution >= 4 is 33.4 Å². The van der Waals surface area contributed by atoms with Gasteiger partial charge in [0.2, 0.25) is 0 Å². The quantitative estimate of drug-likeness (QED) is 0.627. The maximum atomic E-state index is 10.9. The normalized spacial score (nSPS) is 12.8. The molecule has 8 heteroatoms. The Bertz CT molecular complexity index is 528. The molecule has 0 saturated heterocycles. The highest BCUT2D eigenvalue weighted by Gasteiger charge is 2.28. The van der Waals surface area contributed by atoms with Crippen LogP contribution in [0.3, 0.4) is 0 Å². The van der Waals surface area contributed by atoms with Gasteiger partial charge >= 0.3 is 5.97 Å². The fraction of sp³-hybridized carbons (Fsp3) is 0.500. The molecule has 0 aliphatic carbocycles. The second kappa shape index (κ2) is 6.17. The number of nitrogens with zero attached hydrogens (tertiary/aromatic N) is 2. The van der Waals surface area contributed by atoms with Crippen LogP contribution in [-0.4, -0.2) is 27.0 Å². The summed E-state index contributed by atoms with van der Waals surface area (Å²) in [7, 11) is 0. The van der Waals surface area contributed by atoms with Crippen molar-refractivity contribution in [2.45, 2.75) is 33.2 Å². The third kappa shape index (κ3) is 4.44. The highest BCUT2D eigenvalue weighted by Crippen LogP contribution is 2.30. The molecule has 1 heterocycles. The Morgan fingerprint density at radius 3 is 2.60 bits per heavy atom. The first-order valence-corrected chi connectivity index (χ1v) is 6.69. The third-order valence-corrected chi connectivity index (χ3v) is 3.38. The van der Waals surface area contributed by atoms with Crippen molar-refractivity contribution in [3.8, 4) is 0 Å². The van der Waals surface area contributed by atoms with E-state index < -0.39 is 10.9 Å². The van der Waals surface area contributed by atoms with Crippen LogP contribution in [0.25, 0.3) is 0 Å². The van der Waals surface area contributed by atoms with E-state index in [-0.39, 0.29) is 23.6 Å². The molecule has 20 heavy (non-hydrogen) atoms. The van der Waals surface area contributed by atoms with Crippen LogP contribution >= 0.6 is 15.9 Å². The van der Waals surface area contributed by atoms with Gasteiger partial charge in [-0.05, 0) is 21.3 Å². The summed E-state index contributed by atoms with van der Waals surface area (Å²) >= 11 is 3.20. The van der Waals surface area contributed by atoms with Crippen molar-refractivity contribution in [2.24, 2.45) is 5.41 Å². The number of carboxylic acid groups (broad SMARTS) is 1. The van der Waals surface area contributed by atoms with Crippen LogP contribution in [0.5, 0.6) is 0 Å². The molecule has 7 nitrogen and oxygen atoms in total. The zero-order chi connectivity index (χ0) is 15.5. The minimum Gasteiger partial charge on any atom is -0.481 e. The number of carboxylic acids is 1. The van der Waals surface area contributed by atoms with Gasteiger partial charge in [0, 0.05) is 12.1 Å². The van der Waals surface area contributed by atoms with E-state index in [9.17, 15) is 14.9 Å². The largest absolute Gasteiger partial charge is 0.481 e. The summed E-state index contributed by atoms with van der Waals surface area (Å²) in [4.78, 5) is 25.0. The molecule has 2 N–H and O–H groups in total. The van der Waals surface area contributed by atoms with Gasteiger partial charge in [-0.15, -0.1) is 0 Å². The van der Waals surface area contributed by atoms with Crippen molar-refractivity contribution in [3.05, 3.63) is 26.9 Å². The van der Waals surface area contributed by atoms with E-state index in [4.69, 9.17) is 5.11 Å². The number of pyridine rings is 1. The second-order valence-corrected chi connectivity index (χ2v) is 6.30. The molecule has 0 aliphatic rings. The number of hydrogen-bond acceptors (Lipinski definition) is 5. The minimum atomic E-state index is -0.921. The zero-order valence-electron chi connectivity index (χ0n) is 11.4. The van der Waals surface area contributed by atoms with Crippen LogP contribution < -0.4 is 5.32 Å². The fourth-order valence-corrected chi connectivity index (χ4v) is 2.00. The van der Waals surface area contributed by atoms with Gasteiger partial charge in [0.15, 0.2) is 0 Å². The first-order valence-electron chi connectivity index (χ1n) is 5.89. The van der Waals surface area contributed by atoms with E-state index in [2.05, 4.69) is 26.2 Å². The van der Waals surface area contributed by atoms with E-state index in [1.54, 1.807) is 0 Å². The van der Waals surface area contributed by atoms with Crippen LogP contribution in [0.2, 0.25) is 0 Å². The molecule has 1 aromatic heterocycles. The first-order chi connectivity index (χ1) is 9.11. The van der Waals surface area contributed by atoms with Gasteiger partial charge in [-0.1, -0.05) is 20.8 Å². The first kappa shape index (κ1) is 16.4. The number of nitro groups is 1. The van der Waals surface area contributed by atoms with E-state index in [0.717, 1.165) is 6.20 Å². The van der Waals surface area contributed by atoms with Crippen LogP contribution in [-0.2, 0) is 4.79 Å². The van der Waals surface area contributed by atoms with Crippen molar-refractivity contribution in [1.82, 2.24) is 4.98 Å². The van der Waals surface area contributed by atoms with E-state index in [0.29, 0.717) is 10.3 Å². The van der Waals surface area contributed by atoms with Crippen molar-refractivity contribution in [3.63, 3.8) is 0 Å². The van der Waals surface area contributed by atoms with Crippen molar-refractivity contribution in [2.75, 3.05) is 5.32 Å². The monoisotopic (exact) mass is 345 g/mol. The predicted octanol–water partition coefficient (Wildman–Crippen LogP) is 3.05. The van der Waals surface area contributed by atoms with Gasteiger partial charge in [0.25, 0.3) is 5.69 Å². The Morgan fingerprint density at radius 2 is 2.20 bits per heavy atom. The van der Waals surface area contributed by atoms with Crippen molar-refractivity contribution < 1.29 is 14.8 Å². The Morgan fingerprint density at radius 1 is 1.60 bits per heavy atom. The topological polar surface area (TPSA) is 105 Å². The highest BCUT2D eigenvalue weighted by molar-refractivity contribution is 9.10. The number of nitrogens with one attached hydrogen (secondary N) is 1. The molecule has 0 spiro atoms. The van der Waals surface area contributed by atoms with Gasteiger partial charge in [0.05, 0.1) is 15.8 Å². The van der Waals surface area contributed by atoms with Crippen LogP contribution in [0.15, 0.2) is 16.7 Å². The lowest BCUT2D eigenvalue weighted by molar-refractivity contribution is -0.385. The summed E-state index contributed by atoms with van der Waals surface area (Å²) in [5.41, 5.74) is -0.436. The average Bonchev–Trinajstić information content (AvgIpc) is 2.28. The predicted molar refractivity (Wildman–Crippen MR) is 77.7 cm³/mol. The minimum absolute atomic E-state index is 0.0748. The second-order valence-electron chi connectivity index (χ2n) is 5.44. The lowest BCUT2D eigenvalue weighted by atomic mass is 9.85. The molecule has 0 radical (unpaired) electrons. The SMILES string of the molecule is CC(C)(C)C(CC(=O)O)Nc1ncc([N+](=O)[O-])cc1Br. The van der Waals surface area contributed by atoms with Gasteiger partial charge in [0.1, 0.15) is 12.0 Å². The Hall–Kier alpha value is -1.70. The fourth-order valence-electron chi connectivity index (χ4n) is 1.55. The molecular formula is C12H16BrN3O4. The van der Waals surface area contributed by atoms with Crippen LogP contribution in [0, 0.1) is 15.5 Å². The number of halogens is 1. The Labute approximate surface area is 124 Å². The number of aromatic nitrogens is 1. The number of aliphatic carboxylic acids is 1. The molecule has 1 rings (SSSR count). The molecule has 0 aliphatic heterocycles. The summed E-state index contributed by atoms with van der Waals surface area (Å²) in [6.07, 6.45) is 1.06. The summed E-state index contributed by atoms with van der Waals surface area (Å²) in [5.74, 6) is -0.535. The van der Waals surface area contributed by atoms with Crippen molar-refractivity contribution in [1.29, 1.82) is 0 Å². The molecule has 1 unspecified atom stereocenters. The van der Waals surface area contributed by atoms with Gasteiger partial charge in [-0.2, -0.15) is 0 Å². The van der Waals surface area contributed by atoms with Crippen LogP contribution in [0.4, 0.5) is 11.5 Å². The van der Waals surface area contributed by atoms with E-state index in [1.807, 2.05) is 20.8 Å². The number of rotatable bonds is 5. The smallest absolute Gasteiger partial charge is 0.305 e. The number of carbonyl (C=O) groups is 1. The number of anilines is 1. The molecule has 1 atom stereocenters. The van der Waals surface area contributed by atoms with E-state index in [1.165, 1.54) is 6.07 Å². The lowest BCUT2D eigenvalue weighted by Gasteiger charge is -2.31. The maximum Gasteiger partial charge on any atom is 0.305 e. The highest BCUT2D eigenvalue weighted by atomic mass is 79.9. The molecule has 0 saturated carbocycles. The van der Waals surface area contributed by atoms with Gasteiger partial charge in [-0.3, -0.25) is 14.9 Å². The molecule has 0 amide bonds. The van der Waals surface area contributed by atoms with Crippen LogP contribution in [0.1, 0.15) is 27.2 Å². The summed E-state index contributed by atoms with van der Waals surface area (Å²) in [6.45, 7) is 5.73. The molecule has 1 aromatic rings. The lowest BCUT2D eigenvalue weighted by Crippen LogP contribution is -2.36. The molecule has 0 aromatic carbocycles. The van der Waals surface area contributed by atoms with Gasteiger partial charge < -0.3 is 10.4 Å². The summed E-state index contributed by atoms with van der Waals surface area (Å²) < 4.78 is 0.423. The third-order valence-electron chi connectivity index (χ3n) is 2.77.